The van der Waals surface area contributed by atoms with Gasteiger partial charge in [-0.3, -0.25) is 4.79 Å². The van der Waals surface area contributed by atoms with Crippen molar-refractivity contribution in [3.05, 3.63) is 53.6 Å². The van der Waals surface area contributed by atoms with Crippen LogP contribution in [0, 0.1) is 23.7 Å². The Morgan fingerprint density at radius 2 is 1.61 bits per heavy atom. The lowest BCUT2D eigenvalue weighted by molar-refractivity contribution is -0.160. The summed E-state index contributed by atoms with van der Waals surface area (Å²) < 4.78 is 13.4. The van der Waals surface area contributed by atoms with E-state index in [0.717, 1.165) is 50.6 Å². The highest BCUT2D eigenvalue weighted by Gasteiger charge is 2.65. The number of hydrogen-bond donors (Lipinski definition) is 1. The standard InChI is InChI=1S/C39H50N6O6/c1-24(2)30-21-27(37(47)43(5)15-9-14-42(3)4)12-13-31(30)44-32(36-33(50-6)10-8-11-34(36)51-7)22-35(41-44)45(40-23-46)39(38(48)49)28-17-25-16-26(19-28)20-29(39)18-25/h8,10-13,21-22,24-26,28-29H,9,14-20H2,1-7H3,(H,48,49). The summed E-state index contributed by atoms with van der Waals surface area (Å²) in [7, 11) is 9.00. The van der Waals surface area contributed by atoms with Gasteiger partial charge in [-0.05, 0) is 125 Å². The van der Waals surface area contributed by atoms with Gasteiger partial charge in [0.15, 0.2) is 11.4 Å². The van der Waals surface area contributed by atoms with E-state index in [1.54, 1.807) is 42.0 Å². The van der Waals surface area contributed by atoms with Crippen molar-refractivity contribution in [1.82, 2.24) is 19.6 Å². The Morgan fingerprint density at radius 3 is 2.14 bits per heavy atom. The molecule has 51 heavy (non-hydrogen) atoms. The highest BCUT2D eigenvalue weighted by Crippen LogP contribution is 2.61. The first kappa shape index (κ1) is 36.1. The second-order valence-corrected chi connectivity index (χ2v) is 15.1. The number of ether oxygens (including phenoxy) is 2. The second-order valence-electron chi connectivity index (χ2n) is 15.1. The Kier molecular flexibility index (Phi) is 10.3. The molecule has 4 fully saturated rings. The van der Waals surface area contributed by atoms with Crippen LogP contribution in [0.1, 0.15) is 74.2 Å². The number of amides is 1. The van der Waals surface area contributed by atoms with E-state index in [0.29, 0.717) is 52.4 Å². The van der Waals surface area contributed by atoms with Crippen molar-refractivity contribution >= 4 is 23.8 Å². The van der Waals surface area contributed by atoms with Gasteiger partial charge < -0.3 is 24.4 Å². The first-order valence-electron chi connectivity index (χ1n) is 17.9. The number of methoxy groups -OCH3 is 2. The van der Waals surface area contributed by atoms with E-state index in [1.165, 1.54) is 5.01 Å². The maximum atomic E-state index is 13.6. The summed E-state index contributed by atoms with van der Waals surface area (Å²) in [5.74, 6) is 0.739. The number of hydrogen-bond acceptors (Lipinski definition) is 9. The van der Waals surface area contributed by atoms with E-state index in [9.17, 15) is 19.5 Å². The Bertz CT molecular complexity index is 1780. The molecular formula is C39H50N6O6. The molecule has 1 heterocycles. The van der Waals surface area contributed by atoms with Gasteiger partial charge in [-0.2, -0.15) is 0 Å². The fourth-order valence-electron chi connectivity index (χ4n) is 9.28. The van der Waals surface area contributed by atoms with Crippen molar-refractivity contribution in [2.45, 2.75) is 63.8 Å². The largest absolute Gasteiger partial charge is 0.496 e. The van der Waals surface area contributed by atoms with Gasteiger partial charge in [0.1, 0.15) is 11.5 Å². The van der Waals surface area contributed by atoms with E-state index in [4.69, 9.17) is 14.6 Å². The number of carboxylic acids is 1. The third-order valence-electron chi connectivity index (χ3n) is 11.4. The zero-order valence-corrected chi connectivity index (χ0v) is 30.8. The Labute approximate surface area is 300 Å². The van der Waals surface area contributed by atoms with E-state index in [1.807, 2.05) is 51.5 Å². The molecule has 272 valence electrons. The average Bonchev–Trinajstić information content (AvgIpc) is 3.53. The van der Waals surface area contributed by atoms with Crippen LogP contribution in [0.4, 0.5) is 5.82 Å². The summed E-state index contributed by atoms with van der Waals surface area (Å²) in [6.45, 7) is 5.61. The predicted molar refractivity (Wildman–Crippen MR) is 194 cm³/mol. The lowest BCUT2D eigenvalue weighted by atomic mass is 9.48. The van der Waals surface area contributed by atoms with Crippen LogP contribution in [0.3, 0.4) is 0 Å². The summed E-state index contributed by atoms with van der Waals surface area (Å²) in [5, 5.41) is 21.7. The first-order chi connectivity index (χ1) is 24.4. The second kappa shape index (κ2) is 14.5. The SMILES string of the molecule is COc1cccc(OC)c1-c1cc(N(N=C=O)C2(C(=O)O)C3CC4CC(C3)CC2C4)nn1-c1ccc(C(=O)N(C)CCCN(C)C)cc1C(C)C. The van der Waals surface area contributed by atoms with Crippen molar-refractivity contribution in [2.75, 3.05) is 53.5 Å². The molecule has 3 aromatic rings. The molecule has 0 atom stereocenters. The summed E-state index contributed by atoms with van der Waals surface area (Å²) >= 11 is 0. The molecule has 0 saturated heterocycles. The van der Waals surface area contributed by atoms with E-state index < -0.39 is 11.5 Å². The number of carbonyl (C=O) groups excluding carboxylic acids is 2. The number of isocyanates is 1. The number of hydrazone groups is 1. The van der Waals surface area contributed by atoms with Gasteiger partial charge >= 0.3 is 5.97 Å². The molecule has 0 spiro atoms. The monoisotopic (exact) mass is 698 g/mol. The Hall–Kier alpha value is -4.67. The molecule has 7 rings (SSSR count). The molecule has 1 aromatic heterocycles. The van der Waals surface area contributed by atoms with Crippen LogP contribution in [0.25, 0.3) is 16.9 Å². The third-order valence-corrected chi connectivity index (χ3v) is 11.4. The van der Waals surface area contributed by atoms with Crippen molar-refractivity contribution in [3.8, 4) is 28.4 Å². The molecule has 0 radical (unpaired) electrons. The van der Waals surface area contributed by atoms with Gasteiger partial charge in [0.05, 0.1) is 31.2 Å². The minimum absolute atomic E-state index is 0.0225. The molecule has 1 amide bonds. The molecule has 12 nitrogen and oxygen atoms in total. The smallest absolute Gasteiger partial charge is 0.332 e. The molecule has 12 heteroatoms. The predicted octanol–water partition coefficient (Wildman–Crippen LogP) is 6.04. The minimum Gasteiger partial charge on any atom is -0.496 e. The van der Waals surface area contributed by atoms with E-state index in [-0.39, 0.29) is 29.5 Å². The summed E-state index contributed by atoms with van der Waals surface area (Å²) in [6, 6.07) is 12.8. The summed E-state index contributed by atoms with van der Waals surface area (Å²) in [4.78, 5) is 43.2. The van der Waals surface area contributed by atoms with Crippen molar-refractivity contribution in [2.24, 2.45) is 28.8 Å². The van der Waals surface area contributed by atoms with Crippen molar-refractivity contribution in [1.29, 1.82) is 0 Å². The van der Waals surface area contributed by atoms with Gasteiger partial charge in [-0.1, -0.05) is 25.0 Å². The van der Waals surface area contributed by atoms with E-state index in [2.05, 4.69) is 23.8 Å². The van der Waals surface area contributed by atoms with Crippen LogP contribution in [0.2, 0.25) is 0 Å². The number of aliphatic carboxylic acids is 1. The number of anilines is 1. The minimum atomic E-state index is -1.44. The van der Waals surface area contributed by atoms with Gasteiger partial charge in [-0.15, -0.1) is 5.10 Å². The molecule has 4 aliphatic rings. The fourth-order valence-corrected chi connectivity index (χ4v) is 9.28. The first-order valence-corrected chi connectivity index (χ1v) is 17.9. The Morgan fingerprint density at radius 1 is 0.980 bits per heavy atom. The molecule has 4 saturated carbocycles. The number of benzene rings is 2. The average molecular weight is 699 g/mol. The zero-order valence-electron chi connectivity index (χ0n) is 30.8. The molecule has 0 unspecified atom stereocenters. The number of nitrogens with zero attached hydrogens (tertiary/aromatic N) is 6. The molecule has 4 aliphatic carbocycles. The Balaban J connectivity index is 1.53. The maximum Gasteiger partial charge on any atom is 0.332 e. The number of rotatable bonds is 14. The molecule has 2 aromatic carbocycles. The van der Waals surface area contributed by atoms with Crippen LogP contribution in [0.5, 0.6) is 11.5 Å². The zero-order chi connectivity index (χ0) is 36.6. The van der Waals surface area contributed by atoms with Crippen LogP contribution in [-0.2, 0) is 9.59 Å². The molecular weight excluding hydrogens is 648 g/mol. The van der Waals surface area contributed by atoms with Crippen LogP contribution < -0.4 is 14.5 Å². The van der Waals surface area contributed by atoms with E-state index >= 15 is 0 Å². The van der Waals surface area contributed by atoms with Gasteiger partial charge in [0.2, 0.25) is 0 Å². The maximum absolute atomic E-state index is 13.6. The highest BCUT2D eigenvalue weighted by atomic mass is 16.5. The lowest BCUT2D eigenvalue weighted by Crippen LogP contribution is -2.69. The molecule has 0 aliphatic heterocycles. The number of aromatic nitrogens is 2. The summed E-state index contributed by atoms with van der Waals surface area (Å²) in [5.41, 5.74) is 1.82. The third kappa shape index (κ3) is 6.40. The van der Waals surface area contributed by atoms with Gasteiger partial charge in [-0.25, -0.2) is 19.3 Å². The van der Waals surface area contributed by atoms with Crippen LogP contribution in [0.15, 0.2) is 47.6 Å². The normalized spacial score (nSPS) is 23.3. The van der Waals surface area contributed by atoms with Crippen molar-refractivity contribution in [3.63, 3.8) is 0 Å². The lowest BCUT2D eigenvalue weighted by Gasteiger charge is -2.60. The topological polar surface area (TPSA) is 130 Å². The van der Waals surface area contributed by atoms with Crippen LogP contribution >= 0.6 is 0 Å². The fraction of sp³-hybridized carbons (Fsp3) is 0.538. The van der Waals surface area contributed by atoms with Gasteiger partial charge in [0, 0.05) is 25.2 Å². The molecule has 4 bridgehead atoms. The highest BCUT2D eigenvalue weighted by molar-refractivity contribution is 5.94. The van der Waals surface area contributed by atoms with Crippen LogP contribution in [-0.4, -0.2) is 96.6 Å². The van der Waals surface area contributed by atoms with Crippen molar-refractivity contribution < 1.29 is 29.0 Å². The van der Waals surface area contributed by atoms with Gasteiger partial charge in [0.25, 0.3) is 12.0 Å². The molecule has 1 N–H and O–H groups in total. The number of carboxylic acid groups (broad SMARTS) is 1. The quantitative estimate of drug-likeness (QED) is 0.122. The number of carbonyl (C=O) groups is 2. The summed E-state index contributed by atoms with van der Waals surface area (Å²) in [6.07, 6.45) is 6.76.